The van der Waals surface area contributed by atoms with Crippen LogP contribution in [0.25, 0.3) is 0 Å². The van der Waals surface area contributed by atoms with Crippen LogP contribution in [0, 0.1) is 12.3 Å². The van der Waals surface area contributed by atoms with Crippen LogP contribution in [0.3, 0.4) is 0 Å². The summed E-state index contributed by atoms with van der Waals surface area (Å²) in [5.74, 6) is 0.763. The Bertz CT molecular complexity index is 968. The molecule has 182 valence electrons. The zero-order chi connectivity index (χ0) is 24.8. The number of halogens is 1. The molecule has 33 heavy (non-hydrogen) atoms. The highest BCUT2D eigenvalue weighted by atomic mass is 79.9. The second-order valence-corrected chi connectivity index (χ2v) is 10.3. The van der Waals surface area contributed by atoms with E-state index in [1.54, 1.807) is 0 Å². The van der Waals surface area contributed by atoms with Gasteiger partial charge >= 0.3 is 0 Å². The van der Waals surface area contributed by atoms with Crippen molar-refractivity contribution >= 4 is 27.6 Å². The topological polar surface area (TPSA) is 60.3 Å². The molecule has 0 bridgehead atoms. The van der Waals surface area contributed by atoms with E-state index in [2.05, 4.69) is 64.8 Å². The number of carbonyl (C=O) groups excluding carboxylic acids is 2. The fraction of sp³-hybridized carbons (Fsp3) is 0.556. The van der Waals surface area contributed by atoms with Crippen LogP contribution >= 0.6 is 15.9 Å². The maximum atomic E-state index is 12.7. The molecule has 0 saturated carbocycles. The predicted octanol–water partition coefficient (Wildman–Crippen LogP) is 6.04. The second kappa shape index (κ2) is 11.4. The van der Waals surface area contributed by atoms with Crippen LogP contribution in [0.2, 0.25) is 0 Å². The fourth-order valence-corrected chi connectivity index (χ4v) is 4.51. The zero-order valence-electron chi connectivity index (χ0n) is 21.2. The highest BCUT2D eigenvalue weighted by Crippen LogP contribution is 2.41. The highest BCUT2D eigenvalue weighted by Gasteiger charge is 2.35. The van der Waals surface area contributed by atoms with Crippen LogP contribution in [-0.4, -0.2) is 34.7 Å². The molecule has 0 unspecified atom stereocenters. The summed E-state index contributed by atoms with van der Waals surface area (Å²) in [6.45, 7) is 15.6. The van der Waals surface area contributed by atoms with E-state index < -0.39 is 5.41 Å². The molecule has 0 aliphatic carbocycles. The number of ether oxygens (including phenoxy) is 1. The van der Waals surface area contributed by atoms with Gasteiger partial charge in [0.25, 0.3) is 5.91 Å². The van der Waals surface area contributed by atoms with Crippen molar-refractivity contribution < 1.29 is 14.3 Å². The highest BCUT2D eigenvalue weighted by molar-refractivity contribution is 9.09. The molecule has 1 heterocycles. The lowest BCUT2D eigenvalue weighted by Gasteiger charge is -2.34. The zero-order valence-corrected chi connectivity index (χ0v) is 22.8. The third kappa shape index (κ3) is 5.89. The number of benzene rings is 1. The Morgan fingerprint density at radius 3 is 2.24 bits per heavy atom. The van der Waals surface area contributed by atoms with Crippen molar-refractivity contribution in [3.63, 3.8) is 0 Å². The number of nitrogens with one attached hydrogen (secondary N) is 1. The second-order valence-electron chi connectivity index (χ2n) is 9.52. The molecule has 6 heteroatoms. The molecule has 0 aliphatic heterocycles. The minimum Gasteiger partial charge on any atom is -0.486 e. The van der Waals surface area contributed by atoms with Crippen LogP contribution in [-0.2, 0) is 16.8 Å². The van der Waals surface area contributed by atoms with E-state index in [9.17, 15) is 9.59 Å². The first-order valence-electron chi connectivity index (χ1n) is 11.9. The van der Waals surface area contributed by atoms with Gasteiger partial charge in [-0.2, -0.15) is 0 Å². The smallest absolute Gasteiger partial charge is 0.267 e. The van der Waals surface area contributed by atoms with Gasteiger partial charge in [-0.1, -0.05) is 62.7 Å². The molecule has 0 atom stereocenters. The summed E-state index contributed by atoms with van der Waals surface area (Å²) in [4.78, 5) is 25.0. The van der Waals surface area contributed by atoms with Gasteiger partial charge in [0, 0.05) is 34.9 Å². The predicted molar refractivity (Wildman–Crippen MR) is 139 cm³/mol. The fourth-order valence-electron chi connectivity index (χ4n) is 4.31. The number of hydrogen-bond acceptors (Lipinski definition) is 3. The molecule has 0 saturated heterocycles. The Morgan fingerprint density at radius 1 is 1.06 bits per heavy atom. The minimum absolute atomic E-state index is 0.0490. The molecule has 2 aromatic rings. The molecule has 0 radical (unpaired) electrons. The van der Waals surface area contributed by atoms with Gasteiger partial charge in [0.15, 0.2) is 5.78 Å². The van der Waals surface area contributed by atoms with Crippen LogP contribution in [0.5, 0.6) is 5.75 Å². The lowest BCUT2D eigenvalue weighted by atomic mass is 9.72. The molecule has 5 nitrogen and oxygen atoms in total. The van der Waals surface area contributed by atoms with Crippen molar-refractivity contribution in [3.8, 4) is 5.75 Å². The summed E-state index contributed by atoms with van der Waals surface area (Å²) < 4.78 is 8.01. The number of alkyl halides is 1. The van der Waals surface area contributed by atoms with Crippen LogP contribution < -0.4 is 10.1 Å². The summed E-state index contributed by atoms with van der Waals surface area (Å²) in [7, 11) is 0. The van der Waals surface area contributed by atoms with E-state index in [-0.39, 0.29) is 23.7 Å². The molecule has 1 aromatic heterocycles. The molecule has 0 spiro atoms. The summed E-state index contributed by atoms with van der Waals surface area (Å²) in [6, 6.07) is 10.3. The van der Waals surface area contributed by atoms with E-state index in [4.69, 9.17) is 4.74 Å². The van der Waals surface area contributed by atoms with Crippen molar-refractivity contribution in [2.75, 3.05) is 18.5 Å². The quantitative estimate of drug-likeness (QED) is 0.368. The number of carbonyl (C=O) groups is 2. The summed E-state index contributed by atoms with van der Waals surface area (Å²) in [6.07, 6.45) is 1.80. The maximum Gasteiger partial charge on any atom is 0.267 e. The Hall–Kier alpha value is -2.08. The van der Waals surface area contributed by atoms with Crippen LogP contribution in [0.1, 0.15) is 81.7 Å². The largest absolute Gasteiger partial charge is 0.486 e. The monoisotopic (exact) mass is 518 g/mol. The number of rotatable bonds is 11. The van der Waals surface area contributed by atoms with Gasteiger partial charge in [-0.15, -0.1) is 0 Å². The first-order valence-corrected chi connectivity index (χ1v) is 13.0. The third-order valence-corrected chi connectivity index (χ3v) is 6.93. The van der Waals surface area contributed by atoms with Gasteiger partial charge in [0.2, 0.25) is 0 Å². The molecule has 0 fully saturated rings. The normalized spacial score (nSPS) is 12.0. The lowest BCUT2D eigenvalue weighted by Crippen LogP contribution is -2.32. The van der Waals surface area contributed by atoms with Gasteiger partial charge in [-0.3, -0.25) is 9.59 Å². The SMILES string of the molecule is CCn1c(C(=O)NCCBr)ccc1C(CC)(CC)c1ccc(OCC(=O)C(C)(C)C)c(C)c1. The van der Waals surface area contributed by atoms with Crippen molar-refractivity contribution in [1.82, 2.24) is 9.88 Å². The summed E-state index contributed by atoms with van der Waals surface area (Å²) >= 11 is 3.37. The van der Waals surface area contributed by atoms with E-state index in [0.717, 1.165) is 41.7 Å². The van der Waals surface area contributed by atoms with Crippen molar-refractivity contribution in [2.24, 2.45) is 5.41 Å². The number of ketones is 1. The number of aryl methyl sites for hydroxylation is 1. The number of nitrogens with zero attached hydrogens (tertiary/aromatic N) is 1. The number of amides is 1. The first kappa shape index (κ1) is 27.2. The Morgan fingerprint density at radius 2 is 1.73 bits per heavy atom. The molecule has 1 N–H and O–H groups in total. The van der Waals surface area contributed by atoms with E-state index >= 15 is 0 Å². The Labute approximate surface area is 207 Å². The van der Waals surface area contributed by atoms with Crippen molar-refractivity contribution in [1.29, 1.82) is 0 Å². The van der Waals surface area contributed by atoms with E-state index in [0.29, 0.717) is 12.2 Å². The third-order valence-electron chi connectivity index (χ3n) is 6.53. The first-order chi connectivity index (χ1) is 15.5. The Balaban J connectivity index is 2.43. The van der Waals surface area contributed by atoms with Crippen LogP contribution in [0.15, 0.2) is 30.3 Å². The van der Waals surface area contributed by atoms with Gasteiger partial charge in [-0.25, -0.2) is 0 Å². The number of hydrogen-bond donors (Lipinski definition) is 1. The van der Waals surface area contributed by atoms with Crippen molar-refractivity contribution in [3.05, 3.63) is 52.8 Å². The average Bonchev–Trinajstić information content (AvgIpc) is 3.22. The minimum atomic E-state index is -0.419. The van der Waals surface area contributed by atoms with Gasteiger partial charge in [0.05, 0.1) is 0 Å². The van der Waals surface area contributed by atoms with E-state index in [1.807, 2.05) is 39.8 Å². The number of Topliss-reactive ketones (excluding diaryl/α,β-unsaturated/α-hetero) is 1. The molecular weight excluding hydrogens is 480 g/mol. The summed E-state index contributed by atoms with van der Waals surface area (Å²) in [5, 5.41) is 3.69. The molecule has 2 rings (SSSR count). The molecule has 1 aromatic carbocycles. The standard InChI is InChI=1S/C27H39BrN2O3/c1-8-27(9-2,23-14-12-21(30(23)10-3)25(32)29-16-15-28)20-11-13-22(19(4)17-20)33-18-24(31)26(5,6)7/h11-14,17H,8-10,15-16,18H2,1-7H3,(H,29,32). The molecular formula is C27H39BrN2O3. The lowest BCUT2D eigenvalue weighted by molar-refractivity contribution is -0.128. The molecule has 0 aliphatic rings. The van der Waals surface area contributed by atoms with Gasteiger partial charge < -0.3 is 14.6 Å². The van der Waals surface area contributed by atoms with Gasteiger partial charge in [0.1, 0.15) is 18.1 Å². The average molecular weight is 520 g/mol. The van der Waals surface area contributed by atoms with Crippen molar-refractivity contribution in [2.45, 2.75) is 73.3 Å². The van der Waals surface area contributed by atoms with Gasteiger partial charge in [-0.05, 0) is 56.0 Å². The molecule has 1 amide bonds. The number of aromatic nitrogens is 1. The maximum absolute atomic E-state index is 12.7. The van der Waals surface area contributed by atoms with Crippen LogP contribution in [0.4, 0.5) is 0 Å². The summed E-state index contributed by atoms with van der Waals surface area (Å²) in [5.41, 5.74) is 3.39. The van der Waals surface area contributed by atoms with E-state index in [1.165, 1.54) is 5.56 Å². The Kier molecular flexibility index (Phi) is 9.36.